The molecule has 140 valence electrons. The van der Waals surface area contributed by atoms with Crippen LogP contribution >= 0.6 is 46.3 Å². The van der Waals surface area contributed by atoms with Gasteiger partial charge in [-0.1, -0.05) is 41.0 Å². The van der Waals surface area contributed by atoms with Crippen LogP contribution in [0.4, 0.5) is 0 Å². The van der Waals surface area contributed by atoms with Crippen LogP contribution in [-0.2, 0) is 0 Å². The molecule has 2 aromatic heterocycles. The van der Waals surface area contributed by atoms with Gasteiger partial charge in [-0.25, -0.2) is 0 Å². The zero-order valence-electron chi connectivity index (χ0n) is 14.7. The van der Waals surface area contributed by atoms with Gasteiger partial charge in [0, 0.05) is 11.1 Å². The van der Waals surface area contributed by atoms with Crippen molar-refractivity contribution in [2.75, 3.05) is 5.75 Å². The summed E-state index contributed by atoms with van der Waals surface area (Å²) in [6, 6.07) is 5.47. The lowest BCUT2D eigenvalue weighted by molar-refractivity contribution is 0.102. The number of ketones is 1. The minimum absolute atomic E-state index is 0.0278. The van der Waals surface area contributed by atoms with Crippen molar-refractivity contribution in [2.45, 2.75) is 25.9 Å². The Hall–Kier alpha value is -1.67. The lowest BCUT2D eigenvalue weighted by Gasteiger charge is -2.08. The van der Waals surface area contributed by atoms with Gasteiger partial charge in [-0.3, -0.25) is 14.6 Å². The molecule has 27 heavy (non-hydrogen) atoms. The Kier molecular flexibility index (Phi) is 6.05. The highest BCUT2D eigenvalue weighted by Crippen LogP contribution is 2.36. The largest absolute Gasteiger partial charge is 0.298 e. The molecule has 0 aliphatic rings. The Balaban J connectivity index is 1.76. The van der Waals surface area contributed by atoms with E-state index >= 15 is 0 Å². The lowest BCUT2D eigenvalue weighted by atomic mass is 9.99. The number of nitrogens with one attached hydrogen (secondary N) is 1. The summed E-state index contributed by atoms with van der Waals surface area (Å²) in [7, 11) is 0. The van der Waals surface area contributed by atoms with Crippen molar-refractivity contribution in [1.82, 2.24) is 15.2 Å². The third-order valence-electron chi connectivity index (χ3n) is 4.07. The molecule has 0 radical (unpaired) electrons. The second kappa shape index (κ2) is 8.14. The minimum atomic E-state index is -0.432. The number of aryl methyl sites for hydroxylation is 3. The standard InChI is InChI=1S/C18H15Cl2N3O2S2/c1-8-4-10(3)11(5-9(8)2)13(24)7-26-18-21-17(25)15(22-23-18)12-6-14(19)27-16(12)20/h4-6H,7H2,1-3H3,(H,21,23,25). The van der Waals surface area contributed by atoms with Crippen molar-refractivity contribution in [3.05, 3.63) is 59.5 Å². The van der Waals surface area contributed by atoms with Crippen LogP contribution in [0, 0.1) is 20.8 Å². The number of hydrogen-bond acceptors (Lipinski definition) is 6. The van der Waals surface area contributed by atoms with Crippen molar-refractivity contribution in [3.63, 3.8) is 0 Å². The van der Waals surface area contributed by atoms with Gasteiger partial charge in [0.05, 0.1) is 10.1 Å². The van der Waals surface area contributed by atoms with Crippen LogP contribution in [0.1, 0.15) is 27.0 Å². The van der Waals surface area contributed by atoms with E-state index in [1.165, 1.54) is 0 Å². The molecule has 0 fully saturated rings. The van der Waals surface area contributed by atoms with Crippen LogP contribution in [-0.4, -0.2) is 26.7 Å². The first kappa shape index (κ1) is 20.1. The quantitative estimate of drug-likeness (QED) is 0.441. The molecule has 3 aromatic rings. The summed E-state index contributed by atoms with van der Waals surface area (Å²) >= 11 is 14.3. The Labute approximate surface area is 174 Å². The fourth-order valence-corrected chi connectivity index (χ4v) is 4.69. The van der Waals surface area contributed by atoms with Crippen molar-refractivity contribution in [1.29, 1.82) is 0 Å². The maximum atomic E-state index is 12.5. The average Bonchev–Trinajstić information content (AvgIpc) is 2.94. The van der Waals surface area contributed by atoms with E-state index in [9.17, 15) is 9.59 Å². The number of benzene rings is 1. The highest BCUT2D eigenvalue weighted by Gasteiger charge is 2.16. The Morgan fingerprint density at radius 3 is 2.44 bits per heavy atom. The van der Waals surface area contributed by atoms with Crippen molar-refractivity contribution in [3.8, 4) is 11.3 Å². The molecule has 3 rings (SSSR count). The third kappa shape index (κ3) is 4.43. The number of H-pyrrole nitrogens is 1. The molecule has 0 saturated carbocycles. The van der Waals surface area contributed by atoms with E-state index in [1.54, 1.807) is 6.07 Å². The molecule has 0 unspecified atom stereocenters. The number of hydrogen-bond donors (Lipinski definition) is 1. The molecule has 0 atom stereocenters. The fraction of sp³-hybridized carbons (Fsp3) is 0.222. The van der Waals surface area contributed by atoms with Crippen molar-refractivity contribution < 1.29 is 4.79 Å². The molecule has 1 N–H and O–H groups in total. The molecular formula is C18H15Cl2N3O2S2. The van der Waals surface area contributed by atoms with Crippen LogP contribution in [0.25, 0.3) is 11.3 Å². The first-order valence-corrected chi connectivity index (χ1v) is 10.5. The van der Waals surface area contributed by atoms with E-state index in [2.05, 4.69) is 15.2 Å². The molecule has 0 spiro atoms. The van der Waals surface area contributed by atoms with Gasteiger partial charge in [-0.15, -0.1) is 21.5 Å². The zero-order chi connectivity index (χ0) is 19.7. The summed E-state index contributed by atoms with van der Waals surface area (Å²) in [5.41, 5.74) is 3.94. The molecular weight excluding hydrogens is 425 g/mol. The van der Waals surface area contributed by atoms with E-state index in [0.29, 0.717) is 19.8 Å². The van der Waals surface area contributed by atoms with Crippen LogP contribution in [0.3, 0.4) is 0 Å². The molecule has 0 aliphatic heterocycles. The van der Waals surface area contributed by atoms with E-state index in [4.69, 9.17) is 23.2 Å². The second-order valence-corrected chi connectivity index (χ2v) is 9.26. The number of carbonyl (C=O) groups excluding carboxylic acids is 1. The second-order valence-electron chi connectivity index (χ2n) is 6.01. The number of carbonyl (C=O) groups is 1. The lowest BCUT2D eigenvalue weighted by Crippen LogP contribution is -2.15. The van der Waals surface area contributed by atoms with Gasteiger partial charge in [0.1, 0.15) is 4.34 Å². The van der Waals surface area contributed by atoms with Crippen LogP contribution in [0.5, 0.6) is 0 Å². The summed E-state index contributed by atoms with van der Waals surface area (Å²) in [6.07, 6.45) is 0. The molecule has 0 aliphatic carbocycles. The molecule has 0 bridgehead atoms. The van der Waals surface area contributed by atoms with Gasteiger partial charge < -0.3 is 0 Å². The number of Topliss-reactive ketones (excluding diaryl/α,β-unsaturated/α-hetero) is 1. The Bertz CT molecular complexity index is 1090. The van der Waals surface area contributed by atoms with Crippen molar-refractivity contribution >= 4 is 52.1 Å². The maximum Gasteiger partial charge on any atom is 0.278 e. The smallest absolute Gasteiger partial charge is 0.278 e. The van der Waals surface area contributed by atoms with Gasteiger partial charge in [0.2, 0.25) is 0 Å². The summed E-state index contributed by atoms with van der Waals surface area (Å²) < 4.78 is 0.838. The average molecular weight is 440 g/mol. The Morgan fingerprint density at radius 1 is 1.11 bits per heavy atom. The van der Waals surface area contributed by atoms with Crippen LogP contribution in [0.15, 0.2) is 28.2 Å². The normalized spacial score (nSPS) is 11.0. The maximum absolute atomic E-state index is 12.5. The van der Waals surface area contributed by atoms with E-state index < -0.39 is 5.56 Å². The van der Waals surface area contributed by atoms with E-state index in [0.717, 1.165) is 39.8 Å². The van der Waals surface area contributed by atoms with E-state index in [-0.39, 0.29) is 22.4 Å². The highest BCUT2D eigenvalue weighted by molar-refractivity contribution is 7.99. The van der Waals surface area contributed by atoms with Crippen LogP contribution in [0.2, 0.25) is 8.67 Å². The van der Waals surface area contributed by atoms with E-state index in [1.807, 2.05) is 32.9 Å². The van der Waals surface area contributed by atoms with Gasteiger partial charge in [0.25, 0.3) is 5.56 Å². The molecule has 5 nitrogen and oxygen atoms in total. The SMILES string of the molecule is Cc1cc(C)c(C(=O)CSc2nnc(-c3cc(Cl)sc3Cl)c(=O)[nH]2)cc1C. The van der Waals surface area contributed by atoms with Crippen LogP contribution < -0.4 is 5.56 Å². The summed E-state index contributed by atoms with van der Waals surface area (Å²) in [4.78, 5) is 27.5. The van der Waals surface area contributed by atoms with Gasteiger partial charge >= 0.3 is 0 Å². The number of rotatable bonds is 5. The molecule has 9 heteroatoms. The molecule has 0 amide bonds. The number of thiophene rings is 1. The minimum Gasteiger partial charge on any atom is -0.298 e. The third-order valence-corrected chi connectivity index (χ3v) is 6.42. The van der Waals surface area contributed by atoms with Gasteiger partial charge in [-0.2, -0.15) is 0 Å². The predicted octanol–water partition coefficient (Wildman–Crippen LogP) is 5.10. The Morgan fingerprint density at radius 2 is 1.81 bits per heavy atom. The number of nitrogens with zero attached hydrogens (tertiary/aromatic N) is 2. The van der Waals surface area contributed by atoms with Gasteiger partial charge in [0.15, 0.2) is 16.6 Å². The number of thioether (sulfide) groups is 1. The summed E-state index contributed by atoms with van der Waals surface area (Å²) in [5, 5.41) is 8.22. The molecule has 1 aromatic carbocycles. The molecule has 0 saturated heterocycles. The first-order valence-electron chi connectivity index (χ1n) is 7.92. The summed E-state index contributed by atoms with van der Waals surface area (Å²) in [5.74, 6) is 0.123. The molecule has 2 heterocycles. The highest BCUT2D eigenvalue weighted by atomic mass is 35.5. The number of halogens is 2. The van der Waals surface area contributed by atoms with Gasteiger partial charge in [-0.05, 0) is 49.6 Å². The fourth-order valence-electron chi connectivity index (χ4n) is 2.54. The number of aromatic amines is 1. The van der Waals surface area contributed by atoms with Crippen molar-refractivity contribution in [2.24, 2.45) is 0 Å². The zero-order valence-corrected chi connectivity index (χ0v) is 17.9. The summed E-state index contributed by atoms with van der Waals surface area (Å²) in [6.45, 7) is 5.90. The number of aromatic nitrogens is 3. The first-order chi connectivity index (χ1) is 12.8. The predicted molar refractivity (Wildman–Crippen MR) is 112 cm³/mol. The monoisotopic (exact) mass is 439 g/mol. The topological polar surface area (TPSA) is 75.7 Å².